The van der Waals surface area contributed by atoms with Gasteiger partial charge in [-0.3, -0.25) is 0 Å². The normalized spacial score (nSPS) is 12.6. The van der Waals surface area contributed by atoms with Gasteiger partial charge in [0, 0.05) is 6.04 Å². The molecule has 0 aliphatic rings. The van der Waals surface area contributed by atoms with Crippen LogP contribution in [0.25, 0.3) is 0 Å². The highest BCUT2D eigenvalue weighted by atomic mass is 16.5. The van der Waals surface area contributed by atoms with Crippen molar-refractivity contribution < 1.29 is 9.47 Å². The summed E-state index contributed by atoms with van der Waals surface area (Å²) in [6.45, 7) is 7.01. The Kier molecular flexibility index (Phi) is 5.29. The lowest BCUT2D eigenvalue weighted by molar-refractivity contribution is 0.283. The number of hydrogen-bond acceptors (Lipinski definition) is 3. The molecule has 0 fully saturated rings. The van der Waals surface area contributed by atoms with E-state index in [4.69, 9.17) is 15.2 Å². The second-order valence-electron chi connectivity index (χ2n) is 4.69. The third-order valence-corrected chi connectivity index (χ3v) is 2.65. The van der Waals surface area contributed by atoms with Crippen LogP contribution in [0.15, 0.2) is 18.2 Å². The zero-order valence-electron chi connectivity index (χ0n) is 11.2. The Bertz CT molecular complexity index is 348. The smallest absolute Gasteiger partial charge is 0.127 e. The highest BCUT2D eigenvalue weighted by Crippen LogP contribution is 2.32. The van der Waals surface area contributed by atoms with E-state index in [2.05, 4.69) is 13.8 Å². The minimum absolute atomic E-state index is 0.0970. The first-order valence-corrected chi connectivity index (χ1v) is 6.11. The van der Waals surface area contributed by atoms with Gasteiger partial charge in [-0.15, -0.1) is 0 Å². The average molecular weight is 237 g/mol. The lowest BCUT2D eigenvalue weighted by atomic mass is 10.1. The first-order valence-electron chi connectivity index (χ1n) is 6.11. The first kappa shape index (κ1) is 13.8. The summed E-state index contributed by atoms with van der Waals surface area (Å²) < 4.78 is 11.1. The van der Waals surface area contributed by atoms with Crippen LogP contribution in [-0.2, 0) is 0 Å². The Morgan fingerprint density at radius 1 is 1.18 bits per heavy atom. The molecule has 0 saturated heterocycles. The molecule has 0 unspecified atom stereocenters. The van der Waals surface area contributed by atoms with Crippen LogP contribution < -0.4 is 15.2 Å². The number of benzene rings is 1. The van der Waals surface area contributed by atoms with Gasteiger partial charge in [-0.25, -0.2) is 0 Å². The van der Waals surface area contributed by atoms with E-state index in [-0.39, 0.29) is 6.04 Å². The Morgan fingerprint density at radius 3 is 2.35 bits per heavy atom. The summed E-state index contributed by atoms with van der Waals surface area (Å²) in [5, 5.41) is 0. The summed E-state index contributed by atoms with van der Waals surface area (Å²) in [5.41, 5.74) is 6.91. The second-order valence-corrected chi connectivity index (χ2v) is 4.69. The third kappa shape index (κ3) is 3.93. The van der Waals surface area contributed by atoms with E-state index >= 15 is 0 Å². The van der Waals surface area contributed by atoms with Gasteiger partial charge in [-0.1, -0.05) is 19.9 Å². The quantitative estimate of drug-likeness (QED) is 0.826. The van der Waals surface area contributed by atoms with Crippen LogP contribution in [0.1, 0.15) is 38.8 Å². The van der Waals surface area contributed by atoms with Gasteiger partial charge in [-0.05, 0) is 31.4 Å². The van der Waals surface area contributed by atoms with Gasteiger partial charge in [0.25, 0.3) is 0 Å². The van der Waals surface area contributed by atoms with E-state index in [0.717, 1.165) is 23.5 Å². The molecule has 0 radical (unpaired) electrons. The highest BCUT2D eigenvalue weighted by Gasteiger charge is 2.14. The summed E-state index contributed by atoms with van der Waals surface area (Å²) in [4.78, 5) is 0. The van der Waals surface area contributed by atoms with Crippen molar-refractivity contribution in [3.8, 4) is 11.5 Å². The summed E-state index contributed by atoms with van der Waals surface area (Å²) in [7, 11) is 1.65. The summed E-state index contributed by atoms with van der Waals surface area (Å²) in [6, 6.07) is 5.69. The molecule has 1 rings (SSSR count). The number of nitrogens with two attached hydrogens (primary N) is 1. The Morgan fingerprint density at radius 2 is 1.82 bits per heavy atom. The monoisotopic (exact) mass is 237 g/mol. The third-order valence-electron chi connectivity index (χ3n) is 2.65. The van der Waals surface area contributed by atoms with Gasteiger partial charge in [0.05, 0.1) is 19.3 Å². The Labute approximate surface area is 104 Å². The van der Waals surface area contributed by atoms with E-state index in [1.807, 2.05) is 25.1 Å². The van der Waals surface area contributed by atoms with E-state index in [9.17, 15) is 0 Å². The van der Waals surface area contributed by atoms with Gasteiger partial charge in [-0.2, -0.15) is 0 Å². The number of hydrogen-bond donors (Lipinski definition) is 1. The number of rotatable bonds is 6. The van der Waals surface area contributed by atoms with Gasteiger partial charge >= 0.3 is 0 Å². The van der Waals surface area contributed by atoms with Crippen LogP contribution in [0.3, 0.4) is 0 Å². The maximum Gasteiger partial charge on any atom is 0.127 e. The molecule has 1 atom stereocenters. The van der Waals surface area contributed by atoms with E-state index in [1.54, 1.807) is 7.11 Å². The molecule has 0 saturated carbocycles. The summed E-state index contributed by atoms with van der Waals surface area (Å²) in [6.07, 6.45) is 1.04. The van der Waals surface area contributed by atoms with Crippen LogP contribution >= 0.6 is 0 Å². The van der Waals surface area contributed by atoms with Crippen LogP contribution in [-0.4, -0.2) is 13.7 Å². The molecule has 1 aromatic carbocycles. The maximum atomic E-state index is 5.96. The minimum Gasteiger partial charge on any atom is -0.496 e. The molecule has 0 aliphatic carbocycles. The molecular formula is C14H23NO2. The van der Waals surface area contributed by atoms with Crippen molar-refractivity contribution in [2.45, 2.75) is 33.2 Å². The summed E-state index contributed by atoms with van der Waals surface area (Å²) >= 11 is 0. The van der Waals surface area contributed by atoms with Gasteiger partial charge < -0.3 is 15.2 Å². The lowest BCUT2D eigenvalue weighted by Crippen LogP contribution is -2.11. The van der Waals surface area contributed by atoms with Crippen molar-refractivity contribution in [1.29, 1.82) is 0 Å². The molecule has 2 N–H and O–H groups in total. The molecule has 0 spiro atoms. The molecule has 1 aromatic rings. The molecular weight excluding hydrogens is 214 g/mol. The standard InChI is InChI=1S/C14H23NO2/c1-10(2)8-9-17-13-7-5-6-12(16-4)14(13)11(3)15/h5-7,10-11H,8-9,15H2,1-4H3/t11-/m1/s1. The fourth-order valence-electron chi connectivity index (χ4n) is 1.68. The molecule has 0 aliphatic heterocycles. The van der Waals surface area contributed by atoms with Crippen molar-refractivity contribution >= 4 is 0 Å². The van der Waals surface area contributed by atoms with Gasteiger partial charge in [0.15, 0.2) is 0 Å². The molecule has 0 heterocycles. The van der Waals surface area contributed by atoms with Gasteiger partial charge in [0.1, 0.15) is 11.5 Å². The van der Waals surface area contributed by atoms with Crippen LogP contribution in [0, 0.1) is 5.92 Å². The molecule has 0 aromatic heterocycles. The summed E-state index contributed by atoms with van der Waals surface area (Å²) in [5.74, 6) is 2.27. The fourth-order valence-corrected chi connectivity index (χ4v) is 1.68. The van der Waals surface area contributed by atoms with Gasteiger partial charge in [0.2, 0.25) is 0 Å². The lowest BCUT2D eigenvalue weighted by Gasteiger charge is -2.17. The van der Waals surface area contributed by atoms with E-state index < -0.39 is 0 Å². The fraction of sp³-hybridized carbons (Fsp3) is 0.571. The number of methoxy groups -OCH3 is 1. The topological polar surface area (TPSA) is 44.5 Å². The zero-order chi connectivity index (χ0) is 12.8. The average Bonchev–Trinajstić information content (AvgIpc) is 2.27. The first-order chi connectivity index (χ1) is 8.06. The molecule has 3 heteroatoms. The second kappa shape index (κ2) is 6.50. The maximum absolute atomic E-state index is 5.96. The predicted molar refractivity (Wildman–Crippen MR) is 70.5 cm³/mol. The SMILES string of the molecule is COc1cccc(OCCC(C)C)c1[C@@H](C)N. The number of ether oxygens (including phenoxy) is 2. The van der Waals surface area contributed by atoms with Crippen molar-refractivity contribution in [1.82, 2.24) is 0 Å². The van der Waals surface area contributed by atoms with Crippen molar-refractivity contribution in [2.75, 3.05) is 13.7 Å². The van der Waals surface area contributed by atoms with Crippen LogP contribution in [0.4, 0.5) is 0 Å². The van der Waals surface area contributed by atoms with Crippen molar-refractivity contribution in [2.24, 2.45) is 11.7 Å². The van der Waals surface area contributed by atoms with Crippen molar-refractivity contribution in [3.05, 3.63) is 23.8 Å². The largest absolute Gasteiger partial charge is 0.496 e. The zero-order valence-corrected chi connectivity index (χ0v) is 11.2. The highest BCUT2D eigenvalue weighted by molar-refractivity contribution is 5.46. The van der Waals surface area contributed by atoms with Crippen molar-refractivity contribution in [3.63, 3.8) is 0 Å². The van der Waals surface area contributed by atoms with Crippen LogP contribution in [0.5, 0.6) is 11.5 Å². The molecule has 0 bridgehead atoms. The minimum atomic E-state index is -0.0970. The molecule has 0 amide bonds. The Hall–Kier alpha value is -1.22. The van der Waals surface area contributed by atoms with E-state index in [0.29, 0.717) is 12.5 Å². The van der Waals surface area contributed by atoms with E-state index in [1.165, 1.54) is 0 Å². The molecule has 17 heavy (non-hydrogen) atoms. The Balaban J connectivity index is 2.83. The predicted octanol–water partition coefficient (Wildman–Crippen LogP) is 3.14. The molecule has 3 nitrogen and oxygen atoms in total. The van der Waals surface area contributed by atoms with Crippen LogP contribution in [0.2, 0.25) is 0 Å². The molecule has 96 valence electrons.